The highest BCUT2D eigenvalue weighted by atomic mass is 19.4. The third kappa shape index (κ3) is 7.23. The molecule has 0 N–H and O–H groups in total. The quantitative estimate of drug-likeness (QED) is 0.322. The minimum atomic E-state index is -4.81. The molecule has 0 aliphatic heterocycles. The van der Waals surface area contributed by atoms with Crippen molar-refractivity contribution < 1.29 is 26.7 Å². The van der Waals surface area contributed by atoms with Crippen molar-refractivity contribution in [1.82, 2.24) is 0 Å². The highest BCUT2D eigenvalue weighted by Crippen LogP contribution is 2.43. The van der Waals surface area contributed by atoms with Crippen molar-refractivity contribution in [1.29, 1.82) is 0 Å². The van der Waals surface area contributed by atoms with Crippen molar-refractivity contribution in [2.24, 2.45) is 23.7 Å². The Labute approximate surface area is 211 Å². The molecule has 0 aromatic heterocycles. The van der Waals surface area contributed by atoms with Gasteiger partial charge in [-0.05, 0) is 97.6 Å². The normalized spacial score (nSPS) is 25.1. The van der Waals surface area contributed by atoms with Gasteiger partial charge in [0.05, 0.1) is 5.56 Å². The second-order valence-corrected chi connectivity index (χ2v) is 10.9. The fraction of sp³-hybridized carbons (Fsp3) is 0.600. The van der Waals surface area contributed by atoms with Gasteiger partial charge in [-0.25, -0.2) is 8.78 Å². The predicted octanol–water partition coefficient (Wildman–Crippen LogP) is 9.88. The number of rotatable bonds is 8. The Morgan fingerprint density at radius 1 is 0.750 bits per heavy atom. The van der Waals surface area contributed by atoms with Crippen molar-refractivity contribution in [2.75, 3.05) is 0 Å². The van der Waals surface area contributed by atoms with Gasteiger partial charge >= 0.3 is 6.36 Å². The Hall–Kier alpha value is -2.11. The highest BCUT2D eigenvalue weighted by molar-refractivity contribution is 5.66. The number of hydrogen-bond acceptors (Lipinski definition) is 1. The Morgan fingerprint density at radius 3 is 1.72 bits per heavy atom. The molecule has 0 saturated heterocycles. The van der Waals surface area contributed by atoms with Gasteiger partial charge in [-0.3, -0.25) is 0 Å². The predicted molar refractivity (Wildman–Crippen MR) is 133 cm³/mol. The van der Waals surface area contributed by atoms with Crippen LogP contribution < -0.4 is 4.74 Å². The summed E-state index contributed by atoms with van der Waals surface area (Å²) in [5.74, 6) is 1.47. The molecule has 6 heteroatoms. The fourth-order valence-corrected chi connectivity index (χ4v) is 6.54. The molecule has 2 aromatic carbocycles. The molecule has 0 heterocycles. The second kappa shape index (κ2) is 12.0. The van der Waals surface area contributed by atoms with Gasteiger partial charge in [-0.2, -0.15) is 0 Å². The zero-order valence-corrected chi connectivity index (χ0v) is 21.1. The standard InChI is InChI=1S/C30H37F5O/c1-2-3-20-6-10-23(11-7-20)24-12-8-21(9-13-24)4-5-22-18-27(31)29(28(32)19-22)25-14-16-26(17-15-25)36-30(33,34)35/h14-21,23-24H,2-13H2,1H3/t20-,21-,23-,24-. The third-order valence-electron chi connectivity index (χ3n) is 8.47. The number of alkyl halides is 3. The topological polar surface area (TPSA) is 9.23 Å². The van der Waals surface area contributed by atoms with Gasteiger partial charge in [0.2, 0.25) is 0 Å². The van der Waals surface area contributed by atoms with E-state index in [-0.39, 0.29) is 11.1 Å². The summed E-state index contributed by atoms with van der Waals surface area (Å²) in [5, 5.41) is 0. The van der Waals surface area contributed by atoms with E-state index < -0.39 is 23.7 Å². The van der Waals surface area contributed by atoms with Gasteiger partial charge in [-0.1, -0.05) is 57.6 Å². The first-order chi connectivity index (χ1) is 17.2. The maximum absolute atomic E-state index is 14.8. The van der Waals surface area contributed by atoms with Crippen LogP contribution in [0.1, 0.15) is 83.1 Å². The zero-order valence-electron chi connectivity index (χ0n) is 21.1. The van der Waals surface area contributed by atoms with Gasteiger partial charge in [0.15, 0.2) is 0 Å². The molecule has 2 saturated carbocycles. The summed E-state index contributed by atoms with van der Waals surface area (Å²) in [4.78, 5) is 0. The first kappa shape index (κ1) is 26.9. The summed E-state index contributed by atoms with van der Waals surface area (Å²) in [6.07, 6.45) is 9.97. The van der Waals surface area contributed by atoms with Crippen LogP contribution in [0.4, 0.5) is 22.0 Å². The van der Waals surface area contributed by atoms with Gasteiger partial charge in [0.25, 0.3) is 0 Å². The molecule has 2 aliphatic carbocycles. The molecule has 1 nitrogen and oxygen atoms in total. The molecule has 2 aliphatic rings. The molecular weight excluding hydrogens is 471 g/mol. The zero-order chi connectivity index (χ0) is 25.7. The summed E-state index contributed by atoms with van der Waals surface area (Å²) >= 11 is 0. The first-order valence-electron chi connectivity index (χ1n) is 13.6. The van der Waals surface area contributed by atoms with E-state index >= 15 is 0 Å². The first-order valence-corrected chi connectivity index (χ1v) is 13.6. The lowest BCUT2D eigenvalue weighted by Crippen LogP contribution is -2.26. The van der Waals surface area contributed by atoms with Crippen LogP contribution in [0.2, 0.25) is 0 Å². The van der Waals surface area contributed by atoms with E-state index in [0.29, 0.717) is 17.9 Å². The van der Waals surface area contributed by atoms with Crippen LogP contribution in [0.25, 0.3) is 11.1 Å². The van der Waals surface area contributed by atoms with Crippen LogP contribution in [0.3, 0.4) is 0 Å². The summed E-state index contributed by atoms with van der Waals surface area (Å²) in [7, 11) is 0. The van der Waals surface area contributed by atoms with Crippen molar-refractivity contribution in [3.05, 3.63) is 53.6 Å². The molecule has 0 spiro atoms. The smallest absolute Gasteiger partial charge is 0.406 e. The Bertz CT molecular complexity index is 945. The molecule has 0 bridgehead atoms. The maximum Gasteiger partial charge on any atom is 0.573 e. The van der Waals surface area contributed by atoms with Crippen LogP contribution in [-0.2, 0) is 6.42 Å². The van der Waals surface area contributed by atoms with E-state index in [9.17, 15) is 22.0 Å². The van der Waals surface area contributed by atoms with Crippen molar-refractivity contribution in [2.45, 2.75) is 90.3 Å². The number of benzene rings is 2. The lowest BCUT2D eigenvalue weighted by Gasteiger charge is -2.38. The van der Waals surface area contributed by atoms with Crippen LogP contribution in [0.15, 0.2) is 36.4 Å². The summed E-state index contributed by atoms with van der Waals surface area (Å²) in [5.41, 5.74) is 0.571. The number of ether oxygens (including phenoxy) is 1. The molecule has 0 unspecified atom stereocenters. The van der Waals surface area contributed by atoms with E-state index in [2.05, 4.69) is 11.7 Å². The largest absolute Gasteiger partial charge is 0.573 e. The lowest BCUT2D eigenvalue weighted by atomic mass is 9.68. The summed E-state index contributed by atoms with van der Waals surface area (Å²) < 4.78 is 70.5. The Balaban J connectivity index is 1.27. The Morgan fingerprint density at radius 2 is 1.25 bits per heavy atom. The van der Waals surface area contributed by atoms with Gasteiger partial charge in [-0.15, -0.1) is 13.2 Å². The molecule has 0 radical (unpaired) electrons. The molecule has 0 amide bonds. The molecule has 2 aromatic rings. The highest BCUT2D eigenvalue weighted by Gasteiger charge is 2.32. The molecule has 198 valence electrons. The van der Waals surface area contributed by atoms with Gasteiger partial charge < -0.3 is 4.74 Å². The van der Waals surface area contributed by atoms with Crippen molar-refractivity contribution >= 4 is 0 Å². The third-order valence-corrected chi connectivity index (χ3v) is 8.47. The second-order valence-electron chi connectivity index (χ2n) is 10.9. The maximum atomic E-state index is 14.8. The van der Waals surface area contributed by atoms with Crippen LogP contribution in [0, 0.1) is 35.3 Å². The number of hydrogen-bond donors (Lipinski definition) is 0. The average molecular weight is 509 g/mol. The molecule has 36 heavy (non-hydrogen) atoms. The van der Waals surface area contributed by atoms with E-state index in [1.165, 1.54) is 88.5 Å². The molecule has 2 fully saturated rings. The van der Waals surface area contributed by atoms with Gasteiger partial charge in [0, 0.05) is 0 Å². The molecular formula is C30H37F5O. The summed E-state index contributed by atoms with van der Waals surface area (Å²) in [6.45, 7) is 2.28. The average Bonchev–Trinajstić information content (AvgIpc) is 2.84. The van der Waals surface area contributed by atoms with E-state index in [1.807, 2.05) is 0 Å². The van der Waals surface area contributed by atoms with Crippen LogP contribution in [-0.4, -0.2) is 6.36 Å². The monoisotopic (exact) mass is 508 g/mol. The molecule has 4 rings (SSSR count). The summed E-state index contributed by atoms with van der Waals surface area (Å²) in [6, 6.07) is 7.30. The van der Waals surface area contributed by atoms with Crippen LogP contribution >= 0.6 is 0 Å². The van der Waals surface area contributed by atoms with Crippen molar-refractivity contribution in [3.8, 4) is 16.9 Å². The number of aryl methyl sites for hydroxylation is 1. The lowest BCUT2D eigenvalue weighted by molar-refractivity contribution is -0.274. The molecule has 0 atom stereocenters. The van der Waals surface area contributed by atoms with Crippen LogP contribution in [0.5, 0.6) is 5.75 Å². The number of halogens is 5. The van der Waals surface area contributed by atoms with E-state index in [1.54, 1.807) is 0 Å². The minimum absolute atomic E-state index is 0.174. The fourth-order valence-electron chi connectivity index (χ4n) is 6.54. The Kier molecular flexibility index (Phi) is 8.95. The van der Waals surface area contributed by atoms with Crippen molar-refractivity contribution in [3.63, 3.8) is 0 Å². The van der Waals surface area contributed by atoms with Gasteiger partial charge in [0.1, 0.15) is 17.4 Å². The SMILES string of the molecule is CCC[C@H]1CC[C@H]([C@H]2CC[C@H](CCc3cc(F)c(-c4ccc(OC(F)(F)F)cc4)c(F)c3)CC2)CC1. The minimum Gasteiger partial charge on any atom is -0.406 e. The van der Waals surface area contributed by atoms with E-state index in [4.69, 9.17) is 0 Å². The van der Waals surface area contributed by atoms with E-state index in [0.717, 1.165) is 36.3 Å².